The maximum absolute atomic E-state index is 13.2. The summed E-state index contributed by atoms with van der Waals surface area (Å²) >= 11 is 0. The highest BCUT2D eigenvalue weighted by Crippen LogP contribution is 2.32. The third-order valence-electron chi connectivity index (χ3n) is 6.86. The molecular weight excluding hydrogens is 506 g/mol. The fourth-order valence-electron chi connectivity index (χ4n) is 5.02. The van der Waals surface area contributed by atoms with Gasteiger partial charge in [-0.3, -0.25) is 34.2 Å². The Morgan fingerprint density at radius 1 is 1.08 bits per heavy atom. The number of fused-ring (bicyclic) bond motifs is 1. The van der Waals surface area contributed by atoms with Gasteiger partial charge in [-0.25, -0.2) is 4.79 Å². The number of imide groups is 2. The van der Waals surface area contributed by atoms with Gasteiger partial charge in [-0.05, 0) is 58.6 Å². The molecule has 0 aliphatic carbocycles. The highest BCUT2D eigenvalue weighted by atomic mass is 16.6. The lowest BCUT2D eigenvalue weighted by molar-refractivity contribution is -0.136. The molecule has 0 bridgehead atoms. The van der Waals surface area contributed by atoms with Crippen molar-refractivity contribution in [2.45, 2.75) is 77.0 Å². The average molecular weight is 542 g/mol. The Morgan fingerprint density at radius 3 is 2.56 bits per heavy atom. The molecule has 3 aliphatic heterocycles. The first-order valence-electron chi connectivity index (χ1n) is 13.3. The Morgan fingerprint density at radius 2 is 1.85 bits per heavy atom. The van der Waals surface area contributed by atoms with Crippen LogP contribution >= 0.6 is 0 Å². The minimum atomic E-state index is -1.02. The van der Waals surface area contributed by atoms with Crippen molar-refractivity contribution in [1.82, 2.24) is 20.4 Å². The quantitative estimate of drug-likeness (QED) is 0.333. The van der Waals surface area contributed by atoms with E-state index < -0.39 is 41.4 Å². The molecule has 0 radical (unpaired) electrons. The average Bonchev–Trinajstić information content (AvgIpc) is 3.41. The van der Waals surface area contributed by atoms with Crippen LogP contribution in [0.25, 0.3) is 0 Å². The van der Waals surface area contributed by atoms with Gasteiger partial charge in [0.25, 0.3) is 11.8 Å². The molecule has 6 amide bonds. The van der Waals surface area contributed by atoms with Crippen LogP contribution < -0.4 is 16.0 Å². The monoisotopic (exact) mass is 541 g/mol. The summed E-state index contributed by atoms with van der Waals surface area (Å²) in [5.74, 6) is -2.17. The first kappa shape index (κ1) is 28.1. The minimum Gasteiger partial charge on any atom is -0.444 e. The lowest BCUT2D eigenvalue weighted by atomic mass is 10.0. The van der Waals surface area contributed by atoms with E-state index in [1.807, 2.05) is 0 Å². The third-order valence-corrected chi connectivity index (χ3v) is 6.86. The van der Waals surface area contributed by atoms with Gasteiger partial charge >= 0.3 is 6.09 Å². The molecular formula is C27H35N5O7. The summed E-state index contributed by atoms with van der Waals surface area (Å²) in [6.07, 6.45) is 1.98. The summed E-state index contributed by atoms with van der Waals surface area (Å²) < 4.78 is 5.28. The molecule has 2 saturated heterocycles. The van der Waals surface area contributed by atoms with Gasteiger partial charge in [0, 0.05) is 38.2 Å². The number of nitrogens with zero attached hydrogens (tertiary/aromatic N) is 2. The summed E-state index contributed by atoms with van der Waals surface area (Å²) in [4.78, 5) is 77.1. The number of amides is 6. The Balaban J connectivity index is 1.23. The number of hydrogen-bond acceptors (Lipinski definition) is 8. The number of hydrogen-bond donors (Lipinski definition) is 3. The molecule has 39 heavy (non-hydrogen) atoms. The number of alkyl carbamates (subject to hydrolysis) is 1. The molecule has 3 aliphatic rings. The number of carbonyl (C=O) groups is 6. The van der Waals surface area contributed by atoms with E-state index in [0.29, 0.717) is 51.0 Å². The van der Waals surface area contributed by atoms with E-state index in [9.17, 15) is 28.8 Å². The maximum Gasteiger partial charge on any atom is 0.407 e. The summed E-state index contributed by atoms with van der Waals surface area (Å²) in [6.45, 7) is 6.89. The molecule has 2 atom stereocenters. The number of carbonyl (C=O) groups excluding carboxylic acids is 6. The van der Waals surface area contributed by atoms with Gasteiger partial charge in [-0.1, -0.05) is 6.07 Å². The molecule has 2 unspecified atom stereocenters. The molecule has 12 nitrogen and oxygen atoms in total. The summed E-state index contributed by atoms with van der Waals surface area (Å²) in [6, 6.07) is 3.76. The van der Waals surface area contributed by atoms with Crippen molar-refractivity contribution < 1.29 is 33.5 Å². The smallest absolute Gasteiger partial charge is 0.407 e. The van der Waals surface area contributed by atoms with Crippen LogP contribution in [-0.4, -0.2) is 82.7 Å². The van der Waals surface area contributed by atoms with Crippen LogP contribution in [0.1, 0.15) is 80.0 Å². The lowest BCUT2D eigenvalue weighted by Crippen LogP contribution is -2.54. The van der Waals surface area contributed by atoms with Crippen molar-refractivity contribution in [1.29, 1.82) is 0 Å². The van der Waals surface area contributed by atoms with Crippen molar-refractivity contribution in [3.05, 3.63) is 29.3 Å². The largest absolute Gasteiger partial charge is 0.444 e. The Bertz CT molecular complexity index is 1190. The van der Waals surface area contributed by atoms with Crippen molar-refractivity contribution in [3.8, 4) is 0 Å². The fraction of sp³-hybridized carbons (Fsp3) is 0.556. The predicted molar refractivity (Wildman–Crippen MR) is 140 cm³/mol. The number of ether oxygens (including phenoxy) is 1. The second kappa shape index (κ2) is 11.4. The van der Waals surface area contributed by atoms with E-state index in [4.69, 9.17) is 4.74 Å². The number of anilines is 1. The van der Waals surface area contributed by atoms with Gasteiger partial charge in [-0.2, -0.15) is 0 Å². The molecule has 210 valence electrons. The zero-order valence-electron chi connectivity index (χ0n) is 22.5. The van der Waals surface area contributed by atoms with Gasteiger partial charge in [0.05, 0.1) is 17.2 Å². The third kappa shape index (κ3) is 6.55. The zero-order valence-corrected chi connectivity index (χ0v) is 22.5. The lowest BCUT2D eigenvalue weighted by Gasteiger charge is -2.27. The van der Waals surface area contributed by atoms with Crippen LogP contribution in [0.4, 0.5) is 10.5 Å². The highest BCUT2D eigenvalue weighted by molar-refractivity contribution is 6.25. The molecule has 12 heteroatoms. The van der Waals surface area contributed by atoms with Crippen molar-refractivity contribution in [2.75, 3.05) is 25.0 Å². The summed E-state index contributed by atoms with van der Waals surface area (Å²) in [5, 5.41) is 8.19. The zero-order chi connectivity index (χ0) is 28.3. The van der Waals surface area contributed by atoms with E-state index in [0.717, 1.165) is 4.90 Å². The number of piperidine rings is 1. The van der Waals surface area contributed by atoms with Crippen LogP contribution in [0.3, 0.4) is 0 Å². The molecule has 3 N–H and O–H groups in total. The van der Waals surface area contributed by atoms with Gasteiger partial charge in [0.15, 0.2) is 0 Å². The van der Waals surface area contributed by atoms with E-state index in [1.165, 1.54) is 0 Å². The normalized spacial score (nSPS) is 21.1. The minimum absolute atomic E-state index is 0.0183. The van der Waals surface area contributed by atoms with Crippen molar-refractivity contribution >= 4 is 41.3 Å². The van der Waals surface area contributed by atoms with E-state index in [2.05, 4.69) is 16.0 Å². The number of rotatable bonds is 8. The second-order valence-corrected chi connectivity index (χ2v) is 11.0. The van der Waals surface area contributed by atoms with Crippen molar-refractivity contribution in [3.63, 3.8) is 0 Å². The van der Waals surface area contributed by atoms with Gasteiger partial charge in [0.2, 0.25) is 17.7 Å². The molecule has 2 fully saturated rings. The molecule has 0 aromatic heterocycles. The molecule has 0 spiro atoms. The Kier molecular flexibility index (Phi) is 8.22. The molecule has 1 aromatic carbocycles. The SMILES string of the molecule is CC(C)(C)OC(=O)NC1CCN(C(=O)CCCCNc2cccc3c2C(=O)N(C2CCC(=O)NC2=O)C3=O)C1. The van der Waals surface area contributed by atoms with Gasteiger partial charge < -0.3 is 20.3 Å². The molecule has 1 aromatic rings. The van der Waals surface area contributed by atoms with E-state index in [-0.39, 0.29) is 35.9 Å². The topological polar surface area (TPSA) is 154 Å². The molecule has 4 rings (SSSR count). The number of nitrogens with one attached hydrogen (secondary N) is 3. The van der Waals surface area contributed by atoms with Crippen LogP contribution in [0.15, 0.2) is 18.2 Å². The second-order valence-electron chi connectivity index (χ2n) is 11.0. The standard InChI is InChI=1S/C27H35N5O7/c1-27(2,3)39-26(38)29-16-12-14-31(15-16)21(34)9-4-5-13-28-18-8-6-7-17-22(18)25(37)32(24(17)36)19-10-11-20(33)30-23(19)35/h6-8,16,19,28H,4-5,9-15H2,1-3H3,(H,29,38)(H,30,33,35). The fourth-order valence-corrected chi connectivity index (χ4v) is 5.02. The summed E-state index contributed by atoms with van der Waals surface area (Å²) in [7, 11) is 0. The van der Waals surface area contributed by atoms with Gasteiger partial charge in [-0.15, -0.1) is 0 Å². The number of benzene rings is 1. The maximum atomic E-state index is 13.2. The summed E-state index contributed by atoms with van der Waals surface area (Å²) in [5.41, 5.74) is 0.335. The first-order chi connectivity index (χ1) is 18.4. The van der Waals surface area contributed by atoms with Crippen LogP contribution in [0.5, 0.6) is 0 Å². The van der Waals surface area contributed by atoms with E-state index in [1.54, 1.807) is 43.9 Å². The van der Waals surface area contributed by atoms with Gasteiger partial charge in [0.1, 0.15) is 11.6 Å². The van der Waals surface area contributed by atoms with E-state index >= 15 is 0 Å². The molecule has 3 heterocycles. The Hall–Kier alpha value is -3.96. The number of likely N-dealkylation sites (tertiary alicyclic amines) is 1. The Labute approximate surface area is 226 Å². The first-order valence-corrected chi connectivity index (χ1v) is 13.3. The van der Waals surface area contributed by atoms with Crippen LogP contribution in [-0.2, 0) is 19.1 Å². The van der Waals surface area contributed by atoms with Crippen LogP contribution in [0.2, 0.25) is 0 Å². The van der Waals surface area contributed by atoms with Crippen LogP contribution in [0, 0.1) is 0 Å². The highest BCUT2D eigenvalue weighted by Gasteiger charge is 2.45. The van der Waals surface area contributed by atoms with Crippen molar-refractivity contribution in [2.24, 2.45) is 0 Å². The number of unbranched alkanes of at least 4 members (excludes halogenated alkanes) is 1. The predicted octanol–water partition coefficient (Wildman–Crippen LogP) is 1.80. The molecule has 0 saturated carbocycles.